The lowest BCUT2D eigenvalue weighted by atomic mass is 10.1. The maximum Gasteiger partial charge on any atom is 0.243 e. The highest BCUT2D eigenvalue weighted by atomic mass is 32.2. The fourth-order valence-electron chi connectivity index (χ4n) is 2.11. The molecule has 0 amide bonds. The molecule has 0 spiro atoms. The molecule has 0 aliphatic rings. The molecule has 6 heteroatoms. The average Bonchev–Trinajstić information content (AvgIpc) is 2.39. The highest BCUT2D eigenvalue weighted by Gasteiger charge is 2.26. The van der Waals surface area contributed by atoms with Crippen LogP contribution in [0, 0.1) is 32.1 Å². The lowest BCUT2D eigenvalue weighted by molar-refractivity contribution is 0.410. The normalized spacial score (nSPS) is 11.4. The summed E-state index contributed by atoms with van der Waals surface area (Å²) in [5.41, 5.74) is 2.14. The summed E-state index contributed by atoms with van der Waals surface area (Å²) in [6.45, 7) is 5.54. The lowest BCUT2D eigenvalue weighted by Crippen LogP contribution is -2.29. The first-order valence-corrected chi connectivity index (χ1v) is 7.69. The molecule has 0 fully saturated rings. The third-order valence-corrected chi connectivity index (χ3v) is 5.55. The van der Waals surface area contributed by atoms with E-state index in [0.717, 1.165) is 5.56 Å². The van der Waals surface area contributed by atoms with Gasteiger partial charge < -0.3 is 4.74 Å². The van der Waals surface area contributed by atoms with Crippen molar-refractivity contribution >= 4 is 10.0 Å². The Morgan fingerprint density at radius 1 is 1.30 bits per heavy atom. The van der Waals surface area contributed by atoms with E-state index >= 15 is 0 Å². The summed E-state index contributed by atoms with van der Waals surface area (Å²) < 4.78 is 31.7. The first-order valence-electron chi connectivity index (χ1n) is 6.25. The van der Waals surface area contributed by atoms with Crippen molar-refractivity contribution in [1.29, 1.82) is 5.26 Å². The van der Waals surface area contributed by atoms with Crippen molar-refractivity contribution in [2.24, 2.45) is 0 Å². The van der Waals surface area contributed by atoms with Crippen LogP contribution in [0.1, 0.15) is 23.1 Å². The van der Waals surface area contributed by atoms with Gasteiger partial charge in [0.2, 0.25) is 10.0 Å². The van der Waals surface area contributed by atoms with Crippen LogP contribution in [0.15, 0.2) is 11.0 Å². The van der Waals surface area contributed by atoms with Crippen LogP contribution in [0.4, 0.5) is 0 Å². The molecule has 20 heavy (non-hydrogen) atoms. The average molecular weight is 296 g/mol. The van der Waals surface area contributed by atoms with E-state index in [1.165, 1.54) is 11.4 Å². The summed E-state index contributed by atoms with van der Waals surface area (Å²) in [7, 11) is -0.538. The molecule has 1 rings (SSSR count). The quantitative estimate of drug-likeness (QED) is 0.834. The highest BCUT2D eigenvalue weighted by molar-refractivity contribution is 7.89. The number of aryl methyl sites for hydroxylation is 1. The highest BCUT2D eigenvalue weighted by Crippen LogP contribution is 2.31. The Kier molecular flexibility index (Phi) is 5.15. The van der Waals surface area contributed by atoms with Gasteiger partial charge in [-0.2, -0.15) is 9.57 Å². The third-order valence-electron chi connectivity index (χ3n) is 3.41. The van der Waals surface area contributed by atoms with Crippen LogP contribution < -0.4 is 4.74 Å². The van der Waals surface area contributed by atoms with Crippen molar-refractivity contribution in [3.05, 3.63) is 22.8 Å². The van der Waals surface area contributed by atoms with Crippen molar-refractivity contribution in [2.75, 3.05) is 20.7 Å². The van der Waals surface area contributed by atoms with Crippen LogP contribution in [-0.4, -0.2) is 33.4 Å². The van der Waals surface area contributed by atoms with Crippen molar-refractivity contribution in [2.45, 2.75) is 32.1 Å². The van der Waals surface area contributed by atoms with Gasteiger partial charge in [-0.25, -0.2) is 8.42 Å². The lowest BCUT2D eigenvalue weighted by Gasteiger charge is -2.21. The Bertz CT molecular complexity index is 645. The number of sulfonamides is 1. The molecule has 5 nitrogen and oxygen atoms in total. The second-order valence-corrected chi connectivity index (χ2v) is 6.69. The van der Waals surface area contributed by atoms with Crippen molar-refractivity contribution < 1.29 is 13.2 Å². The maximum atomic E-state index is 12.6. The van der Waals surface area contributed by atoms with Gasteiger partial charge in [0, 0.05) is 20.0 Å². The van der Waals surface area contributed by atoms with Gasteiger partial charge in [0.25, 0.3) is 0 Å². The van der Waals surface area contributed by atoms with Crippen LogP contribution in [0.3, 0.4) is 0 Å². The van der Waals surface area contributed by atoms with E-state index in [4.69, 9.17) is 10.00 Å². The van der Waals surface area contributed by atoms with Gasteiger partial charge in [-0.15, -0.1) is 0 Å². The molecule has 0 saturated heterocycles. The van der Waals surface area contributed by atoms with Gasteiger partial charge in [0.05, 0.1) is 18.1 Å². The molecule has 0 unspecified atom stereocenters. The number of hydrogen-bond donors (Lipinski definition) is 0. The first kappa shape index (κ1) is 16.5. The van der Waals surface area contributed by atoms with Crippen LogP contribution in [0.25, 0.3) is 0 Å². The smallest absolute Gasteiger partial charge is 0.243 e. The van der Waals surface area contributed by atoms with Crippen molar-refractivity contribution in [1.82, 2.24) is 4.31 Å². The minimum atomic E-state index is -3.59. The minimum absolute atomic E-state index is 0.170. The standard InChI is InChI=1S/C14H20N2O3S/c1-10-9-13(19-5)11(2)12(3)14(10)20(17,18)16(4)8-6-7-15/h9H,6,8H2,1-5H3. The molecule has 0 aliphatic heterocycles. The van der Waals surface area contributed by atoms with Gasteiger partial charge in [0.1, 0.15) is 5.75 Å². The van der Waals surface area contributed by atoms with Gasteiger partial charge in [-0.05, 0) is 43.5 Å². The van der Waals surface area contributed by atoms with Crippen LogP contribution >= 0.6 is 0 Å². The number of ether oxygens (including phenoxy) is 1. The Morgan fingerprint density at radius 3 is 2.40 bits per heavy atom. The van der Waals surface area contributed by atoms with Gasteiger partial charge >= 0.3 is 0 Å². The van der Waals surface area contributed by atoms with Crippen LogP contribution in [0.2, 0.25) is 0 Å². The number of benzene rings is 1. The Morgan fingerprint density at radius 2 is 1.90 bits per heavy atom. The predicted octanol–water partition coefficient (Wildman–Crippen LogP) is 2.15. The van der Waals surface area contributed by atoms with Crippen LogP contribution in [-0.2, 0) is 10.0 Å². The van der Waals surface area contributed by atoms with Crippen molar-refractivity contribution in [3.8, 4) is 11.8 Å². The van der Waals surface area contributed by atoms with E-state index in [0.29, 0.717) is 21.8 Å². The van der Waals surface area contributed by atoms with E-state index in [1.54, 1.807) is 27.0 Å². The molecular formula is C14H20N2O3S. The number of rotatable bonds is 5. The Labute approximate surface area is 120 Å². The summed E-state index contributed by atoms with van der Waals surface area (Å²) in [6.07, 6.45) is 0.170. The second-order valence-electron chi connectivity index (χ2n) is 4.71. The molecule has 0 saturated carbocycles. The van der Waals surface area contributed by atoms with Gasteiger partial charge in [0.15, 0.2) is 0 Å². The molecule has 1 aromatic carbocycles. The summed E-state index contributed by atoms with van der Waals surface area (Å²) in [6, 6.07) is 3.68. The second kappa shape index (κ2) is 6.25. The van der Waals surface area contributed by atoms with E-state index in [2.05, 4.69) is 0 Å². The molecule has 0 atom stereocenters. The number of nitriles is 1. The van der Waals surface area contributed by atoms with Crippen LogP contribution in [0.5, 0.6) is 5.75 Å². The molecule has 0 radical (unpaired) electrons. The van der Waals surface area contributed by atoms with E-state index < -0.39 is 10.0 Å². The number of hydrogen-bond acceptors (Lipinski definition) is 4. The summed E-state index contributed by atoms with van der Waals surface area (Å²) in [5.74, 6) is 0.679. The Hall–Kier alpha value is -1.58. The van der Waals surface area contributed by atoms with E-state index in [1.807, 2.05) is 13.0 Å². The largest absolute Gasteiger partial charge is 0.496 e. The van der Waals surface area contributed by atoms with E-state index in [-0.39, 0.29) is 13.0 Å². The Balaban J connectivity index is 3.40. The number of nitrogens with zero attached hydrogens (tertiary/aromatic N) is 2. The predicted molar refractivity (Wildman–Crippen MR) is 77.3 cm³/mol. The maximum absolute atomic E-state index is 12.6. The van der Waals surface area contributed by atoms with Gasteiger partial charge in [-0.3, -0.25) is 0 Å². The first-order chi connectivity index (χ1) is 9.27. The monoisotopic (exact) mass is 296 g/mol. The molecule has 110 valence electrons. The zero-order valence-electron chi connectivity index (χ0n) is 12.5. The molecule has 0 aliphatic carbocycles. The SMILES string of the molecule is COc1cc(C)c(S(=O)(=O)N(C)CCC#N)c(C)c1C. The molecule has 0 aromatic heterocycles. The fraction of sp³-hybridized carbons (Fsp3) is 0.500. The molecule has 0 bridgehead atoms. The minimum Gasteiger partial charge on any atom is -0.496 e. The third kappa shape index (κ3) is 2.94. The fourth-order valence-corrected chi connectivity index (χ4v) is 3.76. The van der Waals surface area contributed by atoms with Crippen molar-refractivity contribution in [3.63, 3.8) is 0 Å². The summed E-state index contributed by atoms with van der Waals surface area (Å²) in [4.78, 5) is 0.302. The van der Waals surface area contributed by atoms with E-state index in [9.17, 15) is 8.42 Å². The van der Waals surface area contributed by atoms with Gasteiger partial charge in [-0.1, -0.05) is 0 Å². The zero-order valence-corrected chi connectivity index (χ0v) is 13.3. The number of methoxy groups -OCH3 is 1. The molecule has 0 N–H and O–H groups in total. The molecular weight excluding hydrogens is 276 g/mol. The zero-order chi connectivity index (χ0) is 15.5. The molecule has 1 aromatic rings. The summed E-state index contributed by atoms with van der Waals surface area (Å²) in [5, 5.41) is 8.59. The topological polar surface area (TPSA) is 70.4 Å². The molecule has 0 heterocycles. The summed E-state index contributed by atoms with van der Waals surface area (Å²) >= 11 is 0.